The molecule has 0 saturated carbocycles. The molecule has 0 bridgehead atoms. The van der Waals surface area contributed by atoms with E-state index < -0.39 is 17.6 Å². The fourth-order valence-electron chi connectivity index (χ4n) is 2.61. The Morgan fingerprint density at radius 2 is 1.45 bits per heavy atom. The van der Waals surface area contributed by atoms with Crippen LogP contribution in [0.1, 0.15) is 21.5 Å². The molecule has 0 fully saturated rings. The SMILES string of the molecule is O=C(CNC(=O)c1c(F)cccc1Cl)NN=C(c1ccccc1)c1ccccc1. The fourth-order valence-corrected chi connectivity index (χ4v) is 2.86. The second-order valence-corrected chi connectivity index (χ2v) is 6.41. The Bertz CT molecular complexity index is 979. The molecule has 0 saturated heterocycles. The highest BCUT2D eigenvalue weighted by atomic mass is 35.5. The third-order valence-corrected chi connectivity index (χ3v) is 4.30. The average Bonchev–Trinajstić information content (AvgIpc) is 2.74. The molecule has 0 aliphatic rings. The summed E-state index contributed by atoms with van der Waals surface area (Å²) in [5.41, 5.74) is 4.33. The van der Waals surface area contributed by atoms with Gasteiger partial charge in [-0.3, -0.25) is 9.59 Å². The van der Waals surface area contributed by atoms with Gasteiger partial charge in [0.05, 0.1) is 22.8 Å². The van der Waals surface area contributed by atoms with E-state index in [4.69, 9.17) is 11.6 Å². The lowest BCUT2D eigenvalue weighted by Crippen LogP contribution is -2.35. The maximum atomic E-state index is 13.8. The van der Waals surface area contributed by atoms with Crippen LogP contribution >= 0.6 is 11.6 Å². The van der Waals surface area contributed by atoms with Crippen LogP contribution in [0, 0.1) is 5.82 Å². The lowest BCUT2D eigenvalue weighted by atomic mass is 10.0. The Labute approximate surface area is 172 Å². The van der Waals surface area contributed by atoms with E-state index in [9.17, 15) is 14.0 Å². The highest BCUT2D eigenvalue weighted by molar-refractivity contribution is 6.33. The molecular weight excluding hydrogens is 393 g/mol. The van der Waals surface area contributed by atoms with E-state index in [1.165, 1.54) is 12.1 Å². The van der Waals surface area contributed by atoms with Crippen LogP contribution < -0.4 is 10.7 Å². The van der Waals surface area contributed by atoms with Gasteiger partial charge in [-0.25, -0.2) is 9.82 Å². The Balaban J connectivity index is 1.70. The summed E-state index contributed by atoms with van der Waals surface area (Å²) in [6.45, 7) is -0.385. The highest BCUT2D eigenvalue weighted by Crippen LogP contribution is 2.18. The quantitative estimate of drug-likeness (QED) is 0.480. The van der Waals surface area contributed by atoms with E-state index >= 15 is 0 Å². The molecule has 0 unspecified atom stereocenters. The highest BCUT2D eigenvalue weighted by Gasteiger charge is 2.16. The summed E-state index contributed by atoms with van der Waals surface area (Å²) in [6, 6.07) is 22.7. The van der Waals surface area contributed by atoms with E-state index in [2.05, 4.69) is 15.8 Å². The van der Waals surface area contributed by atoms with Gasteiger partial charge in [0.2, 0.25) is 0 Å². The van der Waals surface area contributed by atoms with Crippen LogP contribution in [0.2, 0.25) is 5.02 Å². The number of hydrogen-bond donors (Lipinski definition) is 2. The van der Waals surface area contributed by atoms with Gasteiger partial charge in [0.15, 0.2) is 0 Å². The molecule has 0 aliphatic carbocycles. The van der Waals surface area contributed by atoms with Crippen LogP contribution in [-0.2, 0) is 4.79 Å². The summed E-state index contributed by atoms with van der Waals surface area (Å²) in [6.07, 6.45) is 0. The van der Waals surface area contributed by atoms with Crippen LogP contribution in [0.4, 0.5) is 4.39 Å². The number of rotatable bonds is 6. The number of nitrogens with one attached hydrogen (secondary N) is 2. The van der Waals surface area contributed by atoms with Crippen molar-refractivity contribution in [1.82, 2.24) is 10.7 Å². The molecule has 0 heterocycles. The molecule has 3 aromatic rings. The molecule has 0 aliphatic heterocycles. The predicted molar refractivity (Wildman–Crippen MR) is 110 cm³/mol. The minimum atomic E-state index is -0.779. The van der Waals surface area contributed by atoms with Crippen molar-refractivity contribution in [3.63, 3.8) is 0 Å². The van der Waals surface area contributed by atoms with Crippen molar-refractivity contribution < 1.29 is 14.0 Å². The van der Waals surface area contributed by atoms with Gasteiger partial charge in [-0.2, -0.15) is 5.10 Å². The van der Waals surface area contributed by atoms with Crippen LogP contribution in [0.5, 0.6) is 0 Å². The van der Waals surface area contributed by atoms with E-state index in [1.807, 2.05) is 60.7 Å². The first kappa shape index (κ1) is 20.2. The lowest BCUT2D eigenvalue weighted by molar-refractivity contribution is -0.120. The molecule has 0 radical (unpaired) electrons. The minimum absolute atomic E-state index is 0.0311. The Morgan fingerprint density at radius 1 is 0.862 bits per heavy atom. The van der Waals surface area contributed by atoms with Gasteiger partial charge in [0.25, 0.3) is 11.8 Å². The summed E-state index contributed by atoms with van der Waals surface area (Å²) in [7, 11) is 0. The summed E-state index contributed by atoms with van der Waals surface area (Å²) in [4.78, 5) is 24.3. The van der Waals surface area contributed by atoms with Gasteiger partial charge in [0.1, 0.15) is 5.82 Å². The van der Waals surface area contributed by atoms with Crippen molar-refractivity contribution in [2.45, 2.75) is 0 Å². The van der Waals surface area contributed by atoms with Crippen molar-refractivity contribution in [1.29, 1.82) is 0 Å². The zero-order valence-electron chi connectivity index (χ0n) is 15.2. The van der Waals surface area contributed by atoms with Gasteiger partial charge in [-0.05, 0) is 12.1 Å². The second-order valence-electron chi connectivity index (χ2n) is 6.01. The number of benzene rings is 3. The summed E-state index contributed by atoms with van der Waals surface area (Å²) >= 11 is 5.85. The van der Waals surface area contributed by atoms with Crippen molar-refractivity contribution in [2.24, 2.45) is 5.10 Å². The Hall–Kier alpha value is -3.51. The zero-order chi connectivity index (χ0) is 20.6. The van der Waals surface area contributed by atoms with Gasteiger partial charge < -0.3 is 5.32 Å². The summed E-state index contributed by atoms with van der Waals surface area (Å²) in [5.74, 6) is -2.10. The molecule has 5 nitrogen and oxygen atoms in total. The average molecular weight is 410 g/mol. The van der Waals surface area contributed by atoms with E-state index in [1.54, 1.807) is 0 Å². The third-order valence-electron chi connectivity index (χ3n) is 3.99. The van der Waals surface area contributed by atoms with Crippen molar-refractivity contribution in [2.75, 3.05) is 6.54 Å². The number of hydrogen-bond acceptors (Lipinski definition) is 3. The molecule has 0 spiro atoms. The van der Waals surface area contributed by atoms with Gasteiger partial charge in [-0.15, -0.1) is 0 Å². The predicted octanol–water partition coefficient (Wildman–Crippen LogP) is 3.78. The maximum Gasteiger partial charge on any atom is 0.259 e. The fraction of sp³-hybridized carbons (Fsp3) is 0.0455. The molecule has 7 heteroatoms. The molecule has 3 aromatic carbocycles. The van der Waals surface area contributed by atoms with Gasteiger partial charge >= 0.3 is 0 Å². The topological polar surface area (TPSA) is 70.6 Å². The molecular formula is C22H17ClFN3O2. The van der Waals surface area contributed by atoms with E-state index in [0.29, 0.717) is 5.71 Å². The molecule has 2 N–H and O–H groups in total. The first-order valence-corrected chi connectivity index (χ1v) is 9.13. The van der Waals surface area contributed by atoms with Gasteiger partial charge in [-0.1, -0.05) is 78.3 Å². The first-order valence-electron chi connectivity index (χ1n) is 8.76. The standard InChI is InChI=1S/C22H17ClFN3O2/c23-17-12-7-13-18(24)20(17)22(29)25-14-19(28)26-27-21(15-8-3-1-4-9-15)16-10-5-2-6-11-16/h1-13H,14H2,(H,25,29)(H,26,28). The molecule has 0 aromatic heterocycles. The van der Waals surface area contributed by atoms with Crippen LogP contribution in [-0.4, -0.2) is 24.1 Å². The molecule has 2 amide bonds. The largest absolute Gasteiger partial charge is 0.343 e. The van der Waals surface area contributed by atoms with Crippen molar-refractivity contribution in [3.8, 4) is 0 Å². The first-order chi connectivity index (χ1) is 14.1. The lowest BCUT2D eigenvalue weighted by Gasteiger charge is -2.09. The Morgan fingerprint density at radius 3 is 2.00 bits per heavy atom. The number of halogens is 2. The number of hydrazone groups is 1. The van der Waals surface area contributed by atoms with E-state index in [-0.39, 0.29) is 17.1 Å². The monoisotopic (exact) mass is 409 g/mol. The second kappa shape index (κ2) is 9.61. The van der Waals surface area contributed by atoms with Crippen LogP contribution in [0.15, 0.2) is 84.0 Å². The minimum Gasteiger partial charge on any atom is -0.343 e. The van der Waals surface area contributed by atoms with E-state index in [0.717, 1.165) is 17.2 Å². The number of carbonyl (C=O) groups is 2. The van der Waals surface area contributed by atoms with Crippen molar-refractivity contribution in [3.05, 3.63) is 106 Å². The number of nitrogens with zero attached hydrogens (tertiary/aromatic N) is 1. The normalized spacial score (nSPS) is 10.1. The van der Waals surface area contributed by atoms with Crippen LogP contribution in [0.3, 0.4) is 0 Å². The molecule has 146 valence electrons. The maximum absolute atomic E-state index is 13.8. The summed E-state index contributed by atoms with van der Waals surface area (Å²) in [5, 5.41) is 6.52. The van der Waals surface area contributed by atoms with Gasteiger partial charge in [0, 0.05) is 11.1 Å². The molecule has 3 rings (SSSR count). The third kappa shape index (κ3) is 5.27. The van der Waals surface area contributed by atoms with Crippen LogP contribution in [0.25, 0.3) is 0 Å². The number of amides is 2. The Kier molecular flexibility index (Phi) is 6.71. The number of carbonyl (C=O) groups excluding carboxylic acids is 2. The molecule has 0 atom stereocenters. The van der Waals surface area contributed by atoms with Crippen molar-refractivity contribution >= 4 is 29.1 Å². The summed E-state index contributed by atoms with van der Waals surface area (Å²) < 4.78 is 13.8. The zero-order valence-corrected chi connectivity index (χ0v) is 16.0. The smallest absolute Gasteiger partial charge is 0.259 e. The molecule has 29 heavy (non-hydrogen) atoms.